The third kappa shape index (κ3) is 1.78. The number of aromatic nitrogens is 2. The van der Waals surface area contributed by atoms with E-state index < -0.39 is 0 Å². The minimum Gasteiger partial charge on any atom is -0.399 e. The number of nitrogens with zero attached hydrogens (tertiary/aromatic N) is 2. The van der Waals surface area contributed by atoms with Crippen molar-refractivity contribution in [2.75, 3.05) is 5.73 Å². The van der Waals surface area contributed by atoms with Crippen LogP contribution in [-0.4, -0.2) is 9.55 Å². The van der Waals surface area contributed by atoms with Gasteiger partial charge in [-0.25, -0.2) is 4.98 Å². The number of halogens is 1. The number of anilines is 1. The normalized spacial score (nSPS) is 11.0. The highest BCUT2D eigenvalue weighted by molar-refractivity contribution is 9.10. The fourth-order valence-electron chi connectivity index (χ4n) is 2.01. The monoisotopic (exact) mass is 301 g/mol. The largest absolute Gasteiger partial charge is 0.399 e. The predicted molar refractivity (Wildman–Crippen MR) is 77.9 cm³/mol. The van der Waals surface area contributed by atoms with Gasteiger partial charge in [0, 0.05) is 15.8 Å². The maximum absolute atomic E-state index is 5.76. The molecule has 0 saturated heterocycles. The number of fused-ring (bicyclic) bond motifs is 1. The fourth-order valence-corrected chi connectivity index (χ4v) is 2.26. The smallest absolute Gasteiger partial charge is 0.100 e. The van der Waals surface area contributed by atoms with Crippen molar-refractivity contribution in [3.63, 3.8) is 0 Å². The Morgan fingerprint density at radius 2 is 2.00 bits per heavy atom. The van der Waals surface area contributed by atoms with Crippen molar-refractivity contribution in [2.24, 2.45) is 0 Å². The molecule has 0 aliphatic rings. The van der Waals surface area contributed by atoms with E-state index in [2.05, 4.69) is 44.5 Å². The van der Waals surface area contributed by atoms with Crippen LogP contribution < -0.4 is 5.73 Å². The maximum atomic E-state index is 5.76. The van der Waals surface area contributed by atoms with Crippen molar-refractivity contribution in [3.05, 3.63) is 52.8 Å². The highest BCUT2D eigenvalue weighted by Crippen LogP contribution is 2.23. The van der Waals surface area contributed by atoms with E-state index in [1.54, 1.807) is 0 Å². The van der Waals surface area contributed by atoms with E-state index in [-0.39, 0.29) is 0 Å². The van der Waals surface area contributed by atoms with Crippen molar-refractivity contribution in [3.8, 4) is 5.69 Å². The first-order valence-corrected chi connectivity index (χ1v) is 6.43. The average molecular weight is 302 g/mol. The molecule has 3 nitrogen and oxygen atoms in total. The molecule has 0 amide bonds. The molecule has 0 saturated carbocycles. The summed E-state index contributed by atoms with van der Waals surface area (Å²) in [4.78, 5) is 4.38. The van der Waals surface area contributed by atoms with Gasteiger partial charge in [-0.05, 0) is 48.9 Å². The van der Waals surface area contributed by atoms with Gasteiger partial charge in [0.15, 0.2) is 0 Å². The number of nitrogen functional groups attached to an aromatic ring is 1. The van der Waals surface area contributed by atoms with Gasteiger partial charge in [-0.15, -0.1) is 0 Å². The van der Waals surface area contributed by atoms with Crippen LogP contribution in [0.2, 0.25) is 0 Å². The highest BCUT2D eigenvalue weighted by atomic mass is 79.9. The summed E-state index contributed by atoms with van der Waals surface area (Å²) in [6, 6.07) is 12.0. The Morgan fingerprint density at radius 1 is 1.17 bits per heavy atom. The average Bonchev–Trinajstić information content (AvgIpc) is 2.75. The molecule has 0 unspecified atom stereocenters. The molecular weight excluding hydrogens is 290 g/mol. The van der Waals surface area contributed by atoms with E-state index in [4.69, 9.17) is 5.73 Å². The summed E-state index contributed by atoms with van der Waals surface area (Å²) in [6.45, 7) is 2.07. The van der Waals surface area contributed by atoms with Gasteiger partial charge in [0.05, 0.1) is 11.0 Å². The molecule has 3 rings (SSSR count). The SMILES string of the molecule is Cc1cc(-n2cnc3cc(N)ccc32)ccc1Br. The molecule has 0 bridgehead atoms. The van der Waals surface area contributed by atoms with Gasteiger partial charge >= 0.3 is 0 Å². The van der Waals surface area contributed by atoms with Gasteiger partial charge in [-0.2, -0.15) is 0 Å². The Morgan fingerprint density at radius 3 is 2.78 bits per heavy atom. The van der Waals surface area contributed by atoms with Crippen LogP contribution in [0.25, 0.3) is 16.7 Å². The maximum Gasteiger partial charge on any atom is 0.100 e. The zero-order valence-corrected chi connectivity index (χ0v) is 11.5. The van der Waals surface area contributed by atoms with Crippen LogP contribution in [0.3, 0.4) is 0 Å². The molecule has 0 atom stereocenters. The topological polar surface area (TPSA) is 43.8 Å². The fraction of sp³-hybridized carbons (Fsp3) is 0.0714. The van der Waals surface area contributed by atoms with Gasteiger partial charge in [0.2, 0.25) is 0 Å². The third-order valence-corrected chi connectivity index (χ3v) is 3.88. The number of hydrogen-bond acceptors (Lipinski definition) is 2. The summed E-state index contributed by atoms with van der Waals surface area (Å²) >= 11 is 3.51. The quantitative estimate of drug-likeness (QED) is 0.697. The lowest BCUT2D eigenvalue weighted by Gasteiger charge is -2.06. The minimum absolute atomic E-state index is 0.736. The molecule has 4 heteroatoms. The summed E-state index contributed by atoms with van der Waals surface area (Å²) in [5.74, 6) is 0. The van der Waals surface area contributed by atoms with E-state index in [1.165, 1.54) is 5.56 Å². The second-order valence-corrected chi connectivity index (χ2v) is 5.15. The first kappa shape index (κ1) is 11.3. The molecule has 2 aromatic carbocycles. The van der Waals surface area contributed by atoms with Gasteiger partial charge in [0.1, 0.15) is 6.33 Å². The second kappa shape index (κ2) is 4.14. The van der Waals surface area contributed by atoms with Crippen LogP contribution in [0, 0.1) is 6.92 Å². The lowest BCUT2D eigenvalue weighted by Crippen LogP contribution is -1.93. The zero-order valence-electron chi connectivity index (χ0n) is 9.89. The van der Waals surface area contributed by atoms with Crippen LogP contribution in [0.5, 0.6) is 0 Å². The standard InChI is InChI=1S/C14H12BrN3/c1-9-6-11(3-4-12(9)15)18-8-17-13-7-10(16)2-5-14(13)18/h2-8H,16H2,1H3. The Hall–Kier alpha value is -1.81. The van der Waals surface area contributed by atoms with E-state index in [0.717, 1.165) is 26.9 Å². The molecule has 18 heavy (non-hydrogen) atoms. The molecule has 90 valence electrons. The van der Waals surface area contributed by atoms with Crippen LogP contribution in [0.1, 0.15) is 5.56 Å². The van der Waals surface area contributed by atoms with Crippen molar-refractivity contribution in [2.45, 2.75) is 6.92 Å². The Bertz CT molecular complexity index is 731. The van der Waals surface area contributed by atoms with E-state index in [1.807, 2.05) is 30.6 Å². The van der Waals surface area contributed by atoms with E-state index in [0.29, 0.717) is 0 Å². The summed E-state index contributed by atoms with van der Waals surface area (Å²) in [5, 5.41) is 0. The zero-order chi connectivity index (χ0) is 12.7. The molecule has 2 N–H and O–H groups in total. The number of imidazole rings is 1. The lowest BCUT2D eigenvalue weighted by molar-refractivity contribution is 1.09. The molecule has 1 aromatic heterocycles. The van der Waals surface area contributed by atoms with Crippen molar-refractivity contribution < 1.29 is 0 Å². The molecular formula is C14H12BrN3. The van der Waals surface area contributed by atoms with Gasteiger partial charge in [-0.1, -0.05) is 15.9 Å². The first-order valence-electron chi connectivity index (χ1n) is 5.64. The van der Waals surface area contributed by atoms with Gasteiger partial charge in [-0.3, -0.25) is 4.57 Å². The van der Waals surface area contributed by atoms with Crippen molar-refractivity contribution in [1.82, 2.24) is 9.55 Å². The van der Waals surface area contributed by atoms with E-state index >= 15 is 0 Å². The Balaban J connectivity index is 2.22. The number of benzene rings is 2. The van der Waals surface area contributed by atoms with Gasteiger partial charge in [0.25, 0.3) is 0 Å². The second-order valence-electron chi connectivity index (χ2n) is 4.30. The summed E-state index contributed by atoms with van der Waals surface area (Å²) in [6.07, 6.45) is 1.83. The van der Waals surface area contributed by atoms with Gasteiger partial charge < -0.3 is 5.73 Å². The molecule has 0 spiro atoms. The Labute approximate surface area is 113 Å². The molecule has 0 aliphatic heterocycles. The summed E-state index contributed by atoms with van der Waals surface area (Å²) in [5.41, 5.74) is 10.8. The molecule has 0 aliphatic carbocycles. The number of aryl methyl sites for hydroxylation is 1. The third-order valence-electron chi connectivity index (χ3n) is 2.99. The molecule has 3 aromatic rings. The van der Waals surface area contributed by atoms with Crippen molar-refractivity contribution >= 4 is 32.7 Å². The number of rotatable bonds is 1. The van der Waals surface area contributed by atoms with Crippen LogP contribution in [0.15, 0.2) is 47.2 Å². The van der Waals surface area contributed by atoms with Crippen molar-refractivity contribution in [1.29, 1.82) is 0 Å². The number of nitrogens with two attached hydrogens (primary N) is 1. The highest BCUT2D eigenvalue weighted by Gasteiger charge is 2.05. The molecule has 0 radical (unpaired) electrons. The Kier molecular flexibility index (Phi) is 2.59. The van der Waals surface area contributed by atoms with Crippen LogP contribution in [0.4, 0.5) is 5.69 Å². The minimum atomic E-state index is 0.736. The van der Waals surface area contributed by atoms with Crippen LogP contribution in [-0.2, 0) is 0 Å². The predicted octanol–water partition coefficient (Wildman–Crippen LogP) is 3.68. The van der Waals surface area contributed by atoms with E-state index in [9.17, 15) is 0 Å². The lowest BCUT2D eigenvalue weighted by atomic mass is 10.2. The summed E-state index contributed by atoms with van der Waals surface area (Å²) in [7, 11) is 0. The molecule has 1 heterocycles. The summed E-state index contributed by atoms with van der Waals surface area (Å²) < 4.78 is 3.17. The number of hydrogen-bond donors (Lipinski definition) is 1. The van der Waals surface area contributed by atoms with Crippen LogP contribution >= 0.6 is 15.9 Å². The molecule has 0 fully saturated rings. The first-order chi connectivity index (χ1) is 8.65.